The lowest BCUT2D eigenvalue weighted by Crippen LogP contribution is -2.37. The Kier molecular flexibility index (Phi) is 5.55. The van der Waals surface area contributed by atoms with Crippen molar-refractivity contribution < 1.29 is 14.9 Å². The Morgan fingerprint density at radius 2 is 2.19 bits per heavy atom. The van der Waals surface area contributed by atoms with Crippen molar-refractivity contribution in [1.29, 1.82) is 0 Å². The van der Waals surface area contributed by atoms with Crippen LogP contribution in [-0.4, -0.2) is 49.6 Å². The largest absolute Gasteiger partial charge is 0.394 e. The van der Waals surface area contributed by atoms with Gasteiger partial charge in [-0.1, -0.05) is 28.5 Å². The van der Waals surface area contributed by atoms with Gasteiger partial charge in [-0.2, -0.15) is 0 Å². The number of nitrogens with one attached hydrogen (secondary N) is 1. The van der Waals surface area contributed by atoms with Gasteiger partial charge in [-0.05, 0) is 6.92 Å². The van der Waals surface area contributed by atoms with Crippen molar-refractivity contribution in [3.05, 3.63) is 32.6 Å². The Balaban J connectivity index is 2.37. The van der Waals surface area contributed by atoms with Crippen molar-refractivity contribution in [2.45, 2.75) is 37.5 Å². The number of rotatable bonds is 5. The Hall–Kier alpha value is -0.740. The van der Waals surface area contributed by atoms with Crippen LogP contribution in [0.2, 0.25) is 0 Å². The zero-order valence-electron chi connectivity index (χ0n) is 11.7. The van der Waals surface area contributed by atoms with Crippen molar-refractivity contribution in [3.8, 4) is 0 Å². The van der Waals surface area contributed by atoms with Crippen LogP contribution in [0.25, 0.3) is 0 Å². The molecular formula is C12H18N2O5S2. The highest BCUT2D eigenvalue weighted by Crippen LogP contribution is 2.42. The number of H-pyrrole nitrogens is 1. The molecule has 0 spiro atoms. The molecule has 2 heterocycles. The highest BCUT2D eigenvalue weighted by atomic mass is 33.1. The molecule has 0 bridgehead atoms. The van der Waals surface area contributed by atoms with E-state index in [1.165, 1.54) is 21.6 Å². The number of hydrogen-bond acceptors (Lipinski definition) is 7. The van der Waals surface area contributed by atoms with Crippen molar-refractivity contribution in [3.63, 3.8) is 0 Å². The maximum absolute atomic E-state index is 12.0. The third-order valence-corrected chi connectivity index (χ3v) is 6.10. The summed E-state index contributed by atoms with van der Waals surface area (Å²) in [6, 6.07) is 0. The second-order valence-corrected chi connectivity index (χ2v) is 7.52. The summed E-state index contributed by atoms with van der Waals surface area (Å²) >= 11 is 0. The first kappa shape index (κ1) is 16.6. The van der Waals surface area contributed by atoms with Gasteiger partial charge in [-0.25, -0.2) is 4.79 Å². The van der Waals surface area contributed by atoms with Gasteiger partial charge in [-0.15, -0.1) is 0 Å². The fourth-order valence-corrected chi connectivity index (χ4v) is 4.50. The summed E-state index contributed by atoms with van der Waals surface area (Å²) in [5.41, 5.74) is -0.652. The summed E-state index contributed by atoms with van der Waals surface area (Å²) in [5.74, 6) is 0.837. The highest BCUT2D eigenvalue weighted by molar-refractivity contribution is 8.76. The summed E-state index contributed by atoms with van der Waals surface area (Å²) in [5, 5.41) is 19.1. The average molecular weight is 334 g/mol. The van der Waals surface area contributed by atoms with Crippen LogP contribution in [0.3, 0.4) is 0 Å². The van der Waals surface area contributed by atoms with E-state index in [9.17, 15) is 19.8 Å². The zero-order chi connectivity index (χ0) is 15.6. The molecule has 4 atom stereocenters. The smallest absolute Gasteiger partial charge is 0.330 e. The molecule has 1 fully saturated rings. The molecular weight excluding hydrogens is 316 g/mol. The third kappa shape index (κ3) is 3.37. The fraction of sp³-hybridized carbons (Fsp3) is 0.667. The monoisotopic (exact) mass is 334 g/mol. The predicted molar refractivity (Wildman–Crippen MR) is 82.6 cm³/mol. The molecule has 3 N–H and O–H groups in total. The predicted octanol–water partition coefficient (Wildman–Crippen LogP) is -0.134. The van der Waals surface area contributed by atoms with E-state index in [2.05, 4.69) is 4.98 Å². The van der Waals surface area contributed by atoms with Crippen LogP contribution in [0.1, 0.15) is 18.7 Å². The molecule has 1 aromatic heterocycles. The van der Waals surface area contributed by atoms with Crippen LogP contribution in [0.5, 0.6) is 0 Å². The average Bonchev–Trinajstić information content (AvgIpc) is 2.77. The first-order valence-corrected chi connectivity index (χ1v) is 8.92. The van der Waals surface area contributed by atoms with E-state index in [4.69, 9.17) is 4.74 Å². The molecule has 21 heavy (non-hydrogen) atoms. The third-order valence-electron chi connectivity index (χ3n) is 3.21. The van der Waals surface area contributed by atoms with E-state index in [0.29, 0.717) is 5.56 Å². The van der Waals surface area contributed by atoms with Crippen LogP contribution >= 0.6 is 21.6 Å². The standard InChI is InChI=1S/C12H18N2O5S2/c1-3-20-21-9-8(16)7(5-15)19-11(9)14-4-6(2)10(17)13-12(14)18/h4,7-9,11,15-16H,3,5H2,1-2H3,(H,13,17,18)/t7-,8?,9?,11-/m1/s1. The minimum absolute atomic E-state index is 0.331. The molecule has 118 valence electrons. The molecule has 0 aliphatic carbocycles. The van der Waals surface area contributed by atoms with Crippen LogP contribution in [-0.2, 0) is 4.74 Å². The molecule has 1 aliphatic heterocycles. The fourth-order valence-electron chi connectivity index (χ4n) is 2.12. The zero-order valence-corrected chi connectivity index (χ0v) is 13.3. The summed E-state index contributed by atoms with van der Waals surface area (Å²) in [7, 11) is 2.95. The van der Waals surface area contributed by atoms with Crippen LogP contribution in [0.4, 0.5) is 0 Å². The number of aryl methyl sites for hydroxylation is 1. The van der Waals surface area contributed by atoms with E-state index in [-0.39, 0.29) is 6.61 Å². The first-order chi connectivity index (χ1) is 9.99. The molecule has 1 aliphatic rings. The normalized spacial score (nSPS) is 29.0. The van der Waals surface area contributed by atoms with Gasteiger partial charge in [0.1, 0.15) is 6.10 Å². The van der Waals surface area contributed by atoms with Gasteiger partial charge in [0, 0.05) is 17.5 Å². The summed E-state index contributed by atoms with van der Waals surface area (Å²) in [6.07, 6.45) is -0.945. The maximum atomic E-state index is 12.0. The second-order valence-electron chi connectivity index (χ2n) is 4.68. The van der Waals surface area contributed by atoms with Gasteiger partial charge in [-0.3, -0.25) is 14.3 Å². The van der Waals surface area contributed by atoms with Gasteiger partial charge in [0.2, 0.25) is 0 Å². The van der Waals surface area contributed by atoms with E-state index in [1.807, 2.05) is 6.92 Å². The molecule has 0 amide bonds. The van der Waals surface area contributed by atoms with E-state index >= 15 is 0 Å². The molecule has 0 radical (unpaired) electrons. The summed E-state index contributed by atoms with van der Waals surface area (Å²) in [4.78, 5) is 25.6. The summed E-state index contributed by atoms with van der Waals surface area (Å²) < 4.78 is 6.87. The lowest BCUT2D eigenvalue weighted by Gasteiger charge is -2.20. The molecule has 9 heteroatoms. The number of ether oxygens (including phenoxy) is 1. The number of hydrogen-bond donors (Lipinski definition) is 3. The highest BCUT2D eigenvalue weighted by Gasteiger charge is 2.45. The van der Waals surface area contributed by atoms with Gasteiger partial charge in [0.25, 0.3) is 5.56 Å². The number of aliphatic hydroxyl groups excluding tert-OH is 2. The van der Waals surface area contributed by atoms with Crippen LogP contribution in [0, 0.1) is 6.92 Å². The van der Waals surface area contributed by atoms with Crippen molar-refractivity contribution in [2.24, 2.45) is 0 Å². The van der Waals surface area contributed by atoms with E-state index < -0.39 is 34.9 Å². The van der Waals surface area contributed by atoms with Crippen LogP contribution < -0.4 is 11.2 Å². The summed E-state index contributed by atoms with van der Waals surface area (Å²) in [6.45, 7) is 3.24. The van der Waals surface area contributed by atoms with Crippen LogP contribution in [0.15, 0.2) is 15.8 Å². The molecule has 0 saturated carbocycles. The number of aromatic nitrogens is 2. The van der Waals surface area contributed by atoms with Gasteiger partial charge in [0.15, 0.2) is 6.23 Å². The Bertz CT molecular complexity index is 602. The molecule has 1 aromatic rings. The second kappa shape index (κ2) is 7.01. The van der Waals surface area contributed by atoms with Crippen molar-refractivity contribution >= 4 is 21.6 Å². The minimum Gasteiger partial charge on any atom is -0.394 e. The maximum Gasteiger partial charge on any atom is 0.330 e. The lowest BCUT2D eigenvalue weighted by atomic mass is 10.2. The minimum atomic E-state index is -0.886. The molecule has 7 nitrogen and oxygen atoms in total. The van der Waals surface area contributed by atoms with E-state index in [1.54, 1.807) is 17.7 Å². The van der Waals surface area contributed by atoms with E-state index in [0.717, 1.165) is 5.75 Å². The van der Waals surface area contributed by atoms with Gasteiger partial charge >= 0.3 is 5.69 Å². The number of nitrogens with zero attached hydrogens (tertiary/aromatic N) is 1. The van der Waals surface area contributed by atoms with Gasteiger partial charge in [0.05, 0.1) is 18.0 Å². The molecule has 1 saturated heterocycles. The van der Waals surface area contributed by atoms with Crippen molar-refractivity contribution in [2.75, 3.05) is 12.4 Å². The number of aromatic amines is 1. The lowest BCUT2D eigenvalue weighted by molar-refractivity contribution is -0.0457. The topological polar surface area (TPSA) is 105 Å². The SMILES string of the molecule is CCSSC1C(O)[C@@H](CO)O[C@H]1n1cc(C)c(=O)[nH]c1=O. The molecule has 2 rings (SSSR count). The first-order valence-electron chi connectivity index (χ1n) is 6.54. The molecule has 0 aromatic carbocycles. The Morgan fingerprint density at radius 3 is 2.81 bits per heavy atom. The molecule has 2 unspecified atom stereocenters. The Labute approximate surface area is 129 Å². The quantitative estimate of drug-likeness (QED) is 0.644. The van der Waals surface area contributed by atoms with Gasteiger partial charge < -0.3 is 14.9 Å². The number of aliphatic hydroxyl groups is 2. The van der Waals surface area contributed by atoms with Crippen molar-refractivity contribution in [1.82, 2.24) is 9.55 Å². The Morgan fingerprint density at radius 1 is 1.48 bits per heavy atom.